The minimum Gasteiger partial charge on any atom is -0.285 e. The van der Waals surface area contributed by atoms with Crippen molar-refractivity contribution in [2.45, 2.75) is 24.9 Å². The fraction of sp³-hybridized carbons (Fsp3) is 0.222. The molecule has 0 aliphatic rings. The third kappa shape index (κ3) is 3.15. The molecule has 3 aromatic rings. The molecule has 0 radical (unpaired) electrons. The molecule has 1 aromatic carbocycles. The van der Waals surface area contributed by atoms with E-state index in [1.54, 1.807) is 12.1 Å². The molecule has 0 unspecified atom stereocenters. The van der Waals surface area contributed by atoms with Crippen LogP contribution in [0.15, 0.2) is 34.2 Å². The van der Waals surface area contributed by atoms with Crippen molar-refractivity contribution in [1.29, 1.82) is 5.26 Å². The molecule has 1 N–H and O–H groups in total. The molecule has 25 heavy (non-hydrogen) atoms. The van der Waals surface area contributed by atoms with Gasteiger partial charge < -0.3 is 0 Å². The molecule has 3 rings (SSSR count). The summed E-state index contributed by atoms with van der Waals surface area (Å²) in [6.07, 6.45) is 5.28. The van der Waals surface area contributed by atoms with Gasteiger partial charge >= 0.3 is 5.69 Å². The summed E-state index contributed by atoms with van der Waals surface area (Å²) in [7, 11) is 0. The van der Waals surface area contributed by atoms with Gasteiger partial charge in [0.15, 0.2) is 10.8 Å². The lowest BCUT2D eigenvalue weighted by atomic mass is 9.99. The van der Waals surface area contributed by atoms with E-state index in [1.165, 1.54) is 16.3 Å². The van der Waals surface area contributed by atoms with E-state index >= 15 is 0 Å². The Morgan fingerprint density at radius 3 is 2.68 bits per heavy atom. The van der Waals surface area contributed by atoms with Crippen molar-refractivity contribution in [3.05, 3.63) is 46.0 Å². The summed E-state index contributed by atoms with van der Waals surface area (Å²) < 4.78 is 1.28. The molecule has 0 aliphatic carbocycles. The number of benzene rings is 1. The summed E-state index contributed by atoms with van der Waals surface area (Å²) in [5.74, 6) is 3.03. The van der Waals surface area contributed by atoms with Crippen LogP contribution in [-0.4, -0.2) is 25.3 Å². The predicted octanol–water partition coefficient (Wildman–Crippen LogP) is 2.80. The number of hydrogen-bond acceptors (Lipinski definition) is 5. The van der Waals surface area contributed by atoms with Crippen LogP contribution < -0.4 is 5.69 Å². The molecule has 0 amide bonds. The predicted molar refractivity (Wildman–Crippen MR) is 97.4 cm³/mol. The van der Waals surface area contributed by atoms with E-state index in [4.69, 9.17) is 11.7 Å². The van der Waals surface area contributed by atoms with Crippen LogP contribution in [0.2, 0.25) is 0 Å². The van der Waals surface area contributed by atoms with Gasteiger partial charge in [-0.2, -0.15) is 14.9 Å². The fourth-order valence-electron chi connectivity index (χ4n) is 2.51. The molecule has 7 heteroatoms. The van der Waals surface area contributed by atoms with E-state index in [1.807, 2.05) is 26.0 Å². The van der Waals surface area contributed by atoms with Gasteiger partial charge in [0.2, 0.25) is 0 Å². The smallest absolute Gasteiger partial charge is 0.285 e. The molecule has 124 valence electrons. The highest BCUT2D eigenvalue weighted by molar-refractivity contribution is 7.99. The quantitative estimate of drug-likeness (QED) is 0.578. The van der Waals surface area contributed by atoms with E-state index in [2.05, 4.69) is 27.1 Å². The van der Waals surface area contributed by atoms with Crippen LogP contribution in [-0.2, 0) is 0 Å². The van der Waals surface area contributed by atoms with Crippen LogP contribution in [0.3, 0.4) is 0 Å². The monoisotopic (exact) mass is 349 g/mol. The van der Waals surface area contributed by atoms with Gasteiger partial charge in [-0.1, -0.05) is 43.7 Å². The second-order valence-electron chi connectivity index (χ2n) is 5.68. The van der Waals surface area contributed by atoms with Gasteiger partial charge in [0.1, 0.15) is 0 Å². The summed E-state index contributed by atoms with van der Waals surface area (Å²) in [6.45, 7) is 4.02. The lowest BCUT2D eigenvalue weighted by Crippen LogP contribution is -2.19. The zero-order valence-electron chi connectivity index (χ0n) is 13.8. The maximum atomic E-state index is 12.4. The molecule has 2 heterocycles. The summed E-state index contributed by atoms with van der Waals surface area (Å²) in [4.78, 5) is 19.6. The van der Waals surface area contributed by atoms with Crippen molar-refractivity contribution < 1.29 is 0 Å². The molecule has 0 atom stereocenters. The van der Waals surface area contributed by atoms with Crippen molar-refractivity contribution in [3.8, 4) is 29.5 Å². The Morgan fingerprint density at radius 2 is 2.08 bits per heavy atom. The lowest BCUT2D eigenvalue weighted by Gasteiger charge is -2.06. The number of fused-ring (bicyclic) bond motifs is 1. The van der Waals surface area contributed by atoms with Gasteiger partial charge in [-0.15, -0.1) is 6.42 Å². The number of thioether (sulfide) groups is 1. The standard InChI is InChI=1S/C18H15N5OS/c1-4-9-25-17-20-16-14(13-7-5-12(10-19)6-8-13)15(11(2)3)22-23(16)18(24)21-17/h1,5-8,11H,9H2,2-3H3,(H,20,21,24). The first-order chi connectivity index (χ1) is 12.0. The minimum atomic E-state index is -0.355. The second-order valence-corrected chi connectivity index (χ2v) is 6.64. The van der Waals surface area contributed by atoms with Crippen molar-refractivity contribution in [2.24, 2.45) is 0 Å². The zero-order chi connectivity index (χ0) is 18.0. The summed E-state index contributed by atoms with van der Waals surface area (Å²) in [5, 5.41) is 13.9. The van der Waals surface area contributed by atoms with Crippen LogP contribution in [0.4, 0.5) is 0 Å². The molecule has 0 spiro atoms. The number of nitrogens with zero attached hydrogens (tertiary/aromatic N) is 4. The van der Waals surface area contributed by atoms with Gasteiger partial charge in [-0.05, 0) is 23.6 Å². The highest BCUT2D eigenvalue weighted by Crippen LogP contribution is 2.32. The third-order valence-electron chi connectivity index (χ3n) is 3.64. The van der Waals surface area contributed by atoms with Crippen molar-refractivity contribution >= 4 is 17.4 Å². The summed E-state index contributed by atoms with van der Waals surface area (Å²) in [5.41, 5.74) is 3.14. The van der Waals surface area contributed by atoms with Crippen LogP contribution in [0.5, 0.6) is 0 Å². The van der Waals surface area contributed by atoms with E-state index in [-0.39, 0.29) is 11.6 Å². The zero-order valence-corrected chi connectivity index (χ0v) is 14.6. The lowest BCUT2D eigenvalue weighted by molar-refractivity contribution is 0.742. The SMILES string of the molecule is C#CCSc1nc2c(-c3ccc(C#N)cc3)c(C(C)C)nn2c(=O)[nH]1. The molecule has 0 aliphatic heterocycles. The van der Waals surface area contributed by atoms with E-state index in [9.17, 15) is 4.79 Å². The Hall–Kier alpha value is -3.03. The molecular weight excluding hydrogens is 334 g/mol. The number of nitriles is 1. The Labute approximate surface area is 148 Å². The minimum absolute atomic E-state index is 0.105. The number of rotatable bonds is 4. The van der Waals surface area contributed by atoms with Gasteiger partial charge in [0.05, 0.1) is 28.6 Å². The molecule has 0 fully saturated rings. The van der Waals surface area contributed by atoms with Crippen LogP contribution >= 0.6 is 11.8 Å². The normalized spacial score (nSPS) is 10.8. The first-order valence-corrected chi connectivity index (χ1v) is 8.63. The van der Waals surface area contributed by atoms with Crippen LogP contribution in [0, 0.1) is 23.7 Å². The molecule has 2 aromatic heterocycles. The Balaban J connectivity index is 2.28. The first kappa shape index (κ1) is 16.8. The topological polar surface area (TPSA) is 86.8 Å². The Morgan fingerprint density at radius 1 is 1.36 bits per heavy atom. The number of hydrogen-bond donors (Lipinski definition) is 1. The average molecular weight is 349 g/mol. The maximum absolute atomic E-state index is 12.4. The van der Waals surface area contributed by atoms with Crippen molar-refractivity contribution in [1.82, 2.24) is 19.6 Å². The Bertz CT molecular complexity index is 1060. The van der Waals surface area contributed by atoms with E-state index in [0.29, 0.717) is 22.1 Å². The molecular formula is C18H15N5OS. The largest absolute Gasteiger partial charge is 0.350 e. The van der Waals surface area contributed by atoms with Crippen molar-refractivity contribution in [3.63, 3.8) is 0 Å². The number of aromatic amines is 1. The van der Waals surface area contributed by atoms with Crippen LogP contribution in [0.1, 0.15) is 31.0 Å². The van der Waals surface area contributed by atoms with Gasteiger partial charge in [-0.3, -0.25) is 4.98 Å². The highest BCUT2D eigenvalue weighted by Gasteiger charge is 2.20. The number of terminal acetylenes is 1. The average Bonchev–Trinajstić information content (AvgIpc) is 3.00. The van der Waals surface area contributed by atoms with Crippen molar-refractivity contribution in [2.75, 3.05) is 5.75 Å². The van der Waals surface area contributed by atoms with Gasteiger partial charge in [0.25, 0.3) is 0 Å². The van der Waals surface area contributed by atoms with E-state index in [0.717, 1.165) is 16.8 Å². The number of aromatic nitrogens is 4. The molecule has 6 nitrogen and oxygen atoms in total. The fourth-order valence-corrected chi connectivity index (χ4v) is 3.04. The first-order valence-electron chi connectivity index (χ1n) is 7.65. The summed E-state index contributed by atoms with van der Waals surface area (Å²) in [6, 6.07) is 9.27. The number of nitrogens with one attached hydrogen (secondary N) is 1. The van der Waals surface area contributed by atoms with E-state index < -0.39 is 0 Å². The molecule has 0 saturated carbocycles. The molecule has 0 bridgehead atoms. The van der Waals surface area contributed by atoms with Gasteiger partial charge in [-0.25, -0.2) is 9.78 Å². The second kappa shape index (κ2) is 6.84. The number of H-pyrrole nitrogens is 1. The van der Waals surface area contributed by atoms with Crippen LogP contribution in [0.25, 0.3) is 16.8 Å². The van der Waals surface area contributed by atoms with Gasteiger partial charge in [0, 0.05) is 0 Å². The summed E-state index contributed by atoms with van der Waals surface area (Å²) >= 11 is 1.29. The maximum Gasteiger partial charge on any atom is 0.350 e. The molecule has 0 saturated heterocycles. The highest BCUT2D eigenvalue weighted by atomic mass is 32.2. The third-order valence-corrected chi connectivity index (χ3v) is 4.42. The Kier molecular flexibility index (Phi) is 4.60.